The second-order valence-corrected chi connectivity index (χ2v) is 3.43. The van der Waals surface area contributed by atoms with Gasteiger partial charge in [0, 0.05) is 6.54 Å². The van der Waals surface area contributed by atoms with E-state index in [0.717, 1.165) is 24.5 Å². The van der Waals surface area contributed by atoms with Gasteiger partial charge in [0.25, 0.3) is 0 Å². The van der Waals surface area contributed by atoms with Gasteiger partial charge in [-0.1, -0.05) is 6.92 Å². The molecule has 0 unspecified atom stereocenters. The van der Waals surface area contributed by atoms with E-state index in [4.69, 9.17) is 4.74 Å². The SMILES string of the molecule is CCNCc1ccc(OC(C)C)cn1. The van der Waals surface area contributed by atoms with Crippen molar-refractivity contribution in [2.24, 2.45) is 0 Å². The van der Waals surface area contributed by atoms with E-state index in [2.05, 4.69) is 17.2 Å². The molecule has 0 aliphatic heterocycles. The van der Waals surface area contributed by atoms with Crippen LogP contribution in [0, 0.1) is 0 Å². The van der Waals surface area contributed by atoms with Crippen LogP contribution in [0.25, 0.3) is 0 Å². The molecule has 3 nitrogen and oxygen atoms in total. The zero-order chi connectivity index (χ0) is 10.4. The molecule has 1 rings (SSSR count). The van der Waals surface area contributed by atoms with Gasteiger partial charge in [-0.25, -0.2) is 0 Å². The third kappa shape index (κ3) is 3.75. The summed E-state index contributed by atoms with van der Waals surface area (Å²) in [6, 6.07) is 3.94. The van der Waals surface area contributed by atoms with Crippen LogP contribution in [-0.4, -0.2) is 17.6 Å². The molecule has 1 heterocycles. The molecule has 0 aliphatic rings. The molecule has 0 aromatic carbocycles. The first-order valence-electron chi connectivity index (χ1n) is 5.04. The second-order valence-electron chi connectivity index (χ2n) is 3.43. The Bertz CT molecular complexity index is 256. The minimum Gasteiger partial charge on any atom is -0.489 e. The van der Waals surface area contributed by atoms with Crippen LogP contribution in [0.5, 0.6) is 5.75 Å². The van der Waals surface area contributed by atoms with Crippen molar-refractivity contribution in [2.75, 3.05) is 6.54 Å². The molecule has 0 atom stereocenters. The number of nitrogens with one attached hydrogen (secondary N) is 1. The predicted molar refractivity (Wildman–Crippen MR) is 57.4 cm³/mol. The molecule has 1 aromatic rings. The first-order valence-corrected chi connectivity index (χ1v) is 5.04. The number of rotatable bonds is 5. The van der Waals surface area contributed by atoms with Crippen LogP contribution in [0.15, 0.2) is 18.3 Å². The Labute approximate surface area is 85.5 Å². The summed E-state index contributed by atoms with van der Waals surface area (Å²) < 4.78 is 5.49. The molecule has 0 radical (unpaired) electrons. The molecule has 0 amide bonds. The Balaban J connectivity index is 2.50. The lowest BCUT2D eigenvalue weighted by Gasteiger charge is -2.09. The summed E-state index contributed by atoms with van der Waals surface area (Å²) in [6.07, 6.45) is 1.98. The van der Waals surface area contributed by atoms with Gasteiger partial charge < -0.3 is 10.1 Å². The van der Waals surface area contributed by atoms with Gasteiger partial charge in [0.1, 0.15) is 5.75 Å². The molecule has 0 saturated carbocycles. The highest BCUT2D eigenvalue weighted by Crippen LogP contribution is 2.10. The zero-order valence-corrected chi connectivity index (χ0v) is 9.08. The van der Waals surface area contributed by atoms with Crippen molar-refractivity contribution in [1.29, 1.82) is 0 Å². The van der Waals surface area contributed by atoms with E-state index in [9.17, 15) is 0 Å². The van der Waals surface area contributed by atoms with Crippen LogP contribution in [0.2, 0.25) is 0 Å². The summed E-state index contributed by atoms with van der Waals surface area (Å²) in [5.74, 6) is 0.834. The van der Waals surface area contributed by atoms with Crippen LogP contribution < -0.4 is 10.1 Å². The van der Waals surface area contributed by atoms with Gasteiger partial charge in [-0.15, -0.1) is 0 Å². The third-order valence-electron chi connectivity index (χ3n) is 1.73. The number of pyridine rings is 1. The number of ether oxygens (including phenoxy) is 1. The first-order chi connectivity index (χ1) is 6.72. The maximum atomic E-state index is 5.49. The van der Waals surface area contributed by atoms with Crippen molar-refractivity contribution in [2.45, 2.75) is 33.4 Å². The lowest BCUT2D eigenvalue weighted by Crippen LogP contribution is -2.13. The lowest BCUT2D eigenvalue weighted by atomic mass is 10.3. The van der Waals surface area contributed by atoms with Gasteiger partial charge >= 0.3 is 0 Å². The molecule has 1 N–H and O–H groups in total. The number of hydrogen-bond acceptors (Lipinski definition) is 3. The molecular formula is C11H18N2O. The molecule has 14 heavy (non-hydrogen) atoms. The fourth-order valence-electron chi connectivity index (χ4n) is 1.11. The average Bonchev–Trinajstić information content (AvgIpc) is 2.16. The van der Waals surface area contributed by atoms with E-state index in [1.807, 2.05) is 26.0 Å². The van der Waals surface area contributed by atoms with Gasteiger partial charge in [0.2, 0.25) is 0 Å². The summed E-state index contributed by atoms with van der Waals surface area (Å²) in [5.41, 5.74) is 1.04. The Morgan fingerprint density at radius 3 is 2.71 bits per heavy atom. The molecule has 3 heteroatoms. The fraction of sp³-hybridized carbons (Fsp3) is 0.545. The Morgan fingerprint density at radius 1 is 1.43 bits per heavy atom. The third-order valence-corrected chi connectivity index (χ3v) is 1.73. The summed E-state index contributed by atoms with van der Waals surface area (Å²) in [4.78, 5) is 4.28. The molecule has 0 aliphatic carbocycles. The van der Waals surface area contributed by atoms with Crippen molar-refractivity contribution in [3.05, 3.63) is 24.0 Å². The predicted octanol–water partition coefficient (Wildman–Crippen LogP) is 1.98. The van der Waals surface area contributed by atoms with Crippen molar-refractivity contribution >= 4 is 0 Å². The summed E-state index contributed by atoms with van der Waals surface area (Å²) in [5, 5.41) is 3.22. The maximum absolute atomic E-state index is 5.49. The maximum Gasteiger partial charge on any atom is 0.137 e. The van der Waals surface area contributed by atoms with E-state index in [1.54, 1.807) is 6.20 Å². The summed E-state index contributed by atoms with van der Waals surface area (Å²) in [7, 11) is 0. The van der Waals surface area contributed by atoms with E-state index in [-0.39, 0.29) is 6.10 Å². The summed E-state index contributed by atoms with van der Waals surface area (Å²) in [6.45, 7) is 7.87. The van der Waals surface area contributed by atoms with Crippen LogP contribution in [-0.2, 0) is 6.54 Å². The van der Waals surface area contributed by atoms with E-state index >= 15 is 0 Å². The topological polar surface area (TPSA) is 34.1 Å². The molecule has 0 spiro atoms. The van der Waals surface area contributed by atoms with E-state index in [0.29, 0.717) is 0 Å². The van der Waals surface area contributed by atoms with Crippen LogP contribution in [0.3, 0.4) is 0 Å². The quantitative estimate of drug-likeness (QED) is 0.778. The minimum atomic E-state index is 0.205. The van der Waals surface area contributed by atoms with Crippen molar-refractivity contribution in [3.8, 4) is 5.75 Å². The normalized spacial score (nSPS) is 10.6. The van der Waals surface area contributed by atoms with Crippen LogP contribution in [0.4, 0.5) is 0 Å². The van der Waals surface area contributed by atoms with Gasteiger partial charge in [0.15, 0.2) is 0 Å². The highest BCUT2D eigenvalue weighted by Gasteiger charge is 1.98. The highest BCUT2D eigenvalue weighted by atomic mass is 16.5. The smallest absolute Gasteiger partial charge is 0.137 e. The molecule has 0 fully saturated rings. The van der Waals surface area contributed by atoms with E-state index in [1.165, 1.54) is 0 Å². The Hall–Kier alpha value is -1.09. The molecular weight excluding hydrogens is 176 g/mol. The number of nitrogens with zero attached hydrogens (tertiary/aromatic N) is 1. The first kappa shape index (κ1) is 11.0. The molecule has 0 saturated heterocycles. The molecule has 0 bridgehead atoms. The lowest BCUT2D eigenvalue weighted by molar-refractivity contribution is 0.241. The average molecular weight is 194 g/mol. The molecule has 1 aromatic heterocycles. The standard InChI is InChI=1S/C11H18N2O/c1-4-12-7-10-5-6-11(8-13-10)14-9(2)3/h5-6,8-9,12H,4,7H2,1-3H3. The highest BCUT2D eigenvalue weighted by molar-refractivity contribution is 5.19. The zero-order valence-electron chi connectivity index (χ0n) is 9.08. The van der Waals surface area contributed by atoms with Crippen LogP contribution in [0.1, 0.15) is 26.5 Å². The van der Waals surface area contributed by atoms with Crippen molar-refractivity contribution in [3.63, 3.8) is 0 Å². The molecule has 78 valence electrons. The largest absolute Gasteiger partial charge is 0.489 e. The van der Waals surface area contributed by atoms with Crippen molar-refractivity contribution < 1.29 is 4.74 Å². The van der Waals surface area contributed by atoms with Crippen LogP contribution >= 0.6 is 0 Å². The minimum absolute atomic E-state index is 0.205. The Kier molecular flexibility index (Phi) is 4.40. The van der Waals surface area contributed by atoms with Gasteiger partial charge in [-0.05, 0) is 32.5 Å². The number of hydrogen-bond donors (Lipinski definition) is 1. The number of aromatic nitrogens is 1. The van der Waals surface area contributed by atoms with Gasteiger partial charge in [-0.2, -0.15) is 0 Å². The fourth-order valence-corrected chi connectivity index (χ4v) is 1.11. The second kappa shape index (κ2) is 5.60. The monoisotopic (exact) mass is 194 g/mol. The van der Waals surface area contributed by atoms with E-state index < -0.39 is 0 Å². The Morgan fingerprint density at radius 2 is 2.21 bits per heavy atom. The van der Waals surface area contributed by atoms with Gasteiger partial charge in [0.05, 0.1) is 18.0 Å². The van der Waals surface area contributed by atoms with Gasteiger partial charge in [-0.3, -0.25) is 4.98 Å². The summed E-state index contributed by atoms with van der Waals surface area (Å²) >= 11 is 0. The van der Waals surface area contributed by atoms with Crippen molar-refractivity contribution in [1.82, 2.24) is 10.3 Å².